The van der Waals surface area contributed by atoms with Crippen LogP contribution in [0.3, 0.4) is 0 Å². The van der Waals surface area contributed by atoms with Crippen molar-refractivity contribution in [1.82, 2.24) is 4.98 Å². The Morgan fingerprint density at radius 2 is 2.27 bits per heavy atom. The average Bonchev–Trinajstić information content (AvgIpc) is 2.15. The van der Waals surface area contributed by atoms with Gasteiger partial charge in [0.25, 0.3) is 6.43 Å². The summed E-state index contributed by atoms with van der Waals surface area (Å²) in [5, 5.41) is 18.3. The van der Waals surface area contributed by atoms with Crippen LogP contribution in [0.4, 0.5) is 14.5 Å². The van der Waals surface area contributed by atoms with Gasteiger partial charge in [-0.1, -0.05) is 11.6 Å². The molecule has 0 N–H and O–H groups in total. The monoisotopic (exact) mass is 233 g/mol. The molecule has 0 bridgehead atoms. The van der Waals surface area contributed by atoms with Crippen LogP contribution in [0.1, 0.15) is 17.8 Å². The topological polar surface area (TPSA) is 79.8 Å². The van der Waals surface area contributed by atoms with Crippen molar-refractivity contribution in [3.63, 3.8) is 0 Å². The lowest BCUT2D eigenvalue weighted by molar-refractivity contribution is -0.386. The zero-order chi connectivity index (χ0) is 11.6. The van der Waals surface area contributed by atoms with Crippen molar-refractivity contribution in [2.75, 3.05) is 0 Å². The Morgan fingerprint density at radius 1 is 1.67 bits per heavy atom. The van der Waals surface area contributed by atoms with Gasteiger partial charge in [-0.25, -0.2) is 13.8 Å². The molecule has 1 aromatic heterocycles. The lowest BCUT2D eigenvalue weighted by Crippen LogP contribution is -2.01. The summed E-state index contributed by atoms with van der Waals surface area (Å²) in [4.78, 5) is 12.5. The summed E-state index contributed by atoms with van der Waals surface area (Å²) in [7, 11) is 0. The third-order valence-electron chi connectivity index (χ3n) is 1.48. The molecule has 0 unspecified atom stereocenters. The molecule has 0 saturated carbocycles. The minimum Gasteiger partial charge on any atom is -0.258 e. The maximum atomic E-state index is 12.3. The first-order valence-electron chi connectivity index (χ1n) is 3.50. The summed E-state index contributed by atoms with van der Waals surface area (Å²) in [6, 6.07) is 2.34. The highest BCUT2D eigenvalue weighted by Gasteiger charge is 2.28. The third-order valence-corrected chi connectivity index (χ3v) is 1.77. The number of nitriles is 1. The highest BCUT2D eigenvalue weighted by atomic mass is 35.5. The summed E-state index contributed by atoms with van der Waals surface area (Å²) < 4.78 is 24.7. The van der Waals surface area contributed by atoms with E-state index in [0.29, 0.717) is 0 Å². The molecule has 0 spiro atoms. The summed E-state index contributed by atoms with van der Waals surface area (Å²) in [6.45, 7) is 0. The van der Waals surface area contributed by atoms with E-state index in [0.717, 1.165) is 6.07 Å². The van der Waals surface area contributed by atoms with Gasteiger partial charge in [-0.05, 0) is 0 Å². The molecule has 8 heteroatoms. The second kappa shape index (κ2) is 4.14. The molecule has 1 rings (SSSR count). The van der Waals surface area contributed by atoms with Crippen LogP contribution in [0.15, 0.2) is 6.07 Å². The molecule has 78 valence electrons. The lowest BCUT2D eigenvalue weighted by atomic mass is 10.2. The van der Waals surface area contributed by atoms with Crippen LogP contribution in [-0.2, 0) is 0 Å². The molecule has 0 aliphatic heterocycles. The van der Waals surface area contributed by atoms with Crippen molar-refractivity contribution in [3.05, 3.63) is 32.6 Å². The van der Waals surface area contributed by atoms with Gasteiger partial charge >= 0.3 is 5.69 Å². The molecule has 0 aliphatic rings. The van der Waals surface area contributed by atoms with Crippen LogP contribution >= 0.6 is 11.6 Å². The van der Waals surface area contributed by atoms with Gasteiger partial charge in [-0.3, -0.25) is 10.1 Å². The van der Waals surface area contributed by atoms with Crippen molar-refractivity contribution in [1.29, 1.82) is 5.26 Å². The normalized spacial score (nSPS) is 10.1. The minimum atomic E-state index is -3.16. The lowest BCUT2D eigenvalue weighted by Gasteiger charge is -2.02. The Hall–Kier alpha value is -1.81. The fraction of sp³-hybridized carbons (Fsp3) is 0.143. The molecule has 0 amide bonds. The molecule has 0 aliphatic carbocycles. The number of pyridine rings is 1. The second-order valence-corrected chi connectivity index (χ2v) is 2.80. The Kier molecular flexibility index (Phi) is 3.11. The fourth-order valence-corrected chi connectivity index (χ4v) is 1.19. The highest BCUT2D eigenvalue weighted by molar-refractivity contribution is 6.32. The van der Waals surface area contributed by atoms with Crippen molar-refractivity contribution in [2.24, 2.45) is 0 Å². The Morgan fingerprint density at radius 3 is 2.67 bits per heavy atom. The summed E-state index contributed by atoms with van der Waals surface area (Å²) in [5.41, 5.74) is -2.45. The molecule has 0 radical (unpaired) electrons. The zero-order valence-corrected chi connectivity index (χ0v) is 7.70. The van der Waals surface area contributed by atoms with E-state index in [9.17, 15) is 18.9 Å². The molecular formula is C7H2ClF2N3O2. The standard InChI is InChI=1S/C7H2ClF2N3O2/c8-4-1-3(2-11)12-5(7(9)10)6(4)13(14)15/h1,7H. The summed E-state index contributed by atoms with van der Waals surface area (Å²) in [5.74, 6) is 0. The van der Waals surface area contributed by atoms with Crippen molar-refractivity contribution < 1.29 is 13.7 Å². The number of hydrogen-bond acceptors (Lipinski definition) is 4. The SMILES string of the molecule is N#Cc1cc(Cl)c([N+](=O)[O-])c(C(F)F)n1. The second-order valence-electron chi connectivity index (χ2n) is 2.39. The maximum Gasteiger partial charge on any atom is 0.315 e. The van der Waals surface area contributed by atoms with E-state index < -0.39 is 27.8 Å². The van der Waals surface area contributed by atoms with Crippen LogP contribution in [-0.4, -0.2) is 9.91 Å². The van der Waals surface area contributed by atoms with Crippen molar-refractivity contribution >= 4 is 17.3 Å². The number of nitro groups is 1. The molecule has 0 fully saturated rings. The number of nitrogens with zero attached hydrogens (tertiary/aromatic N) is 3. The van der Waals surface area contributed by atoms with E-state index in [1.165, 1.54) is 6.07 Å². The maximum absolute atomic E-state index is 12.3. The summed E-state index contributed by atoms with van der Waals surface area (Å²) >= 11 is 5.39. The van der Waals surface area contributed by atoms with E-state index in [1.54, 1.807) is 0 Å². The molecule has 0 atom stereocenters. The first-order chi connectivity index (χ1) is 6.97. The van der Waals surface area contributed by atoms with E-state index in [-0.39, 0.29) is 5.69 Å². The first-order valence-corrected chi connectivity index (χ1v) is 3.88. The number of aromatic nitrogens is 1. The predicted molar refractivity (Wildman–Crippen MR) is 45.6 cm³/mol. The molecule has 15 heavy (non-hydrogen) atoms. The Balaban J connectivity index is 3.51. The van der Waals surface area contributed by atoms with Gasteiger partial charge in [-0.15, -0.1) is 0 Å². The number of halogens is 3. The van der Waals surface area contributed by atoms with E-state index >= 15 is 0 Å². The molecule has 0 saturated heterocycles. The van der Waals surface area contributed by atoms with Gasteiger partial charge in [0.05, 0.1) is 4.92 Å². The van der Waals surface area contributed by atoms with Crippen LogP contribution in [0, 0.1) is 21.4 Å². The van der Waals surface area contributed by atoms with Crippen LogP contribution in [0.5, 0.6) is 0 Å². The van der Waals surface area contributed by atoms with Crippen LogP contribution < -0.4 is 0 Å². The quantitative estimate of drug-likeness (QED) is 0.580. The third kappa shape index (κ3) is 2.16. The number of hydrogen-bond donors (Lipinski definition) is 0. The number of rotatable bonds is 2. The Labute approximate surface area is 87.1 Å². The Bertz CT molecular complexity index is 458. The molecule has 1 aromatic rings. The van der Waals surface area contributed by atoms with Crippen molar-refractivity contribution in [2.45, 2.75) is 6.43 Å². The zero-order valence-electron chi connectivity index (χ0n) is 6.95. The van der Waals surface area contributed by atoms with Crippen molar-refractivity contribution in [3.8, 4) is 6.07 Å². The largest absolute Gasteiger partial charge is 0.315 e. The predicted octanol–water partition coefficient (Wildman–Crippen LogP) is 2.45. The van der Waals surface area contributed by atoms with Gasteiger partial charge in [0.1, 0.15) is 16.8 Å². The van der Waals surface area contributed by atoms with E-state index in [2.05, 4.69) is 4.98 Å². The summed E-state index contributed by atoms with van der Waals surface area (Å²) in [6.07, 6.45) is -3.16. The number of alkyl halides is 2. The van der Waals surface area contributed by atoms with Gasteiger partial charge in [0.15, 0.2) is 5.69 Å². The smallest absolute Gasteiger partial charge is 0.258 e. The first kappa shape index (κ1) is 11.3. The van der Waals surface area contributed by atoms with Crippen LogP contribution in [0.2, 0.25) is 5.02 Å². The van der Waals surface area contributed by atoms with Gasteiger partial charge < -0.3 is 0 Å². The fourth-order valence-electron chi connectivity index (χ4n) is 0.916. The van der Waals surface area contributed by atoms with E-state index in [1.807, 2.05) is 0 Å². The van der Waals surface area contributed by atoms with Gasteiger partial charge in [0, 0.05) is 6.07 Å². The van der Waals surface area contributed by atoms with Crippen LogP contribution in [0.25, 0.3) is 0 Å². The average molecular weight is 234 g/mol. The molecule has 0 aromatic carbocycles. The molecular weight excluding hydrogens is 232 g/mol. The molecule has 5 nitrogen and oxygen atoms in total. The molecule has 1 heterocycles. The highest BCUT2D eigenvalue weighted by Crippen LogP contribution is 2.33. The minimum absolute atomic E-state index is 0.388. The van der Waals surface area contributed by atoms with Gasteiger partial charge in [0.2, 0.25) is 0 Å². The van der Waals surface area contributed by atoms with E-state index in [4.69, 9.17) is 16.9 Å². The van der Waals surface area contributed by atoms with Gasteiger partial charge in [-0.2, -0.15) is 5.26 Å².